The van der Waals surface area contributed by atoms with Crippen LogP contribution in [-0.4, -0.2) is 22.9 Å². The molecule has 1 fully saturated rings. The van der Waals surface area contributed by atoms with Gasteiger partial charge >= 0.3 is 6.09 Å². The molecule has 5 heteroatoms. The molecule has 0 spiro atoms. The number of nitrogens with one attached hydrogen (secondary N) is 1. The van der Waals surface area contributed by atoms with E-state index in [9.17, 15) is 15.0 Å². The number of carbonyl (C=O) groups is 1. The van der Waals surface area contributed by atoms with Gasteiger partial charge in [0.2, 0.25) is 0 Å². The SMILES string of the molecule is O=C1N[C@@H](c2cc(O)cc(O)c2)CCO1. The fraction of sp³-hybridized carbons (Fsp3) is 0.300. The minimum atomic E-state index is -0.478. The topological polar surface area (TPSA) is 78.8 Å². The number of phenolic OH excluding ortho intramolecular Hbond substituents is 2. The van der Waals surface area contributed by atoms with Crippen molar-refractivity contribution in [2.45, 2.75) is 12.5 Å². The molecule has 15 heavy (non-hydrogen) atoms. The van der Waals surface area contributed by atoms with Crippen molar-refractivity contribution < 1.29 is 19.7 Å². The van der Waals surface area contributed by atoms with Crippen LogP contribution in [0.1, 0.15) is 18.0 Å². The lowest BCUT2D eigenvalue weighted by Crippen LogP contribution is -2.35. The van der Waals surface area contributed by atoms with Gasteiger partial charge in [-0.15, -0.1) is 0 Å². The summed E-state index contributed by atoms with van der Waals surface area (Å²) in [6.45, 7) is 0.340. The predicted molar refractivity (Wildman–Crippen MR) is 51.6 cm³/mol. The number of rotatable bonds is 1. The van der Waals surface area contributed by atoms with Crippen LogP contribution in [0.5, 0.6) is 11.5 Å². The van der Waals surface area contributed by atoms with Gasteiger partial charge in [-0.05, 0) is 17.7 Å². The Bertz CT molecular complexity index is 371. The molecule has 0 radical (unpaired) electrons. The molecule has 1 amide bonds. The lowest BCUT2D eigenvalue weighted by Gasteiger charge is -2.23. The molecular formula is C10H11NO4. The van der Waals surface area contributed by atoms with E-state index < -0.39 is 6.09 Å². The molecule has 1 atom stereocenters. The van der Waals surface area contributed by atoms with Crippen molar-refractivity contribution in [3.63, 3.8) is 0 Å². The Hall–Kier alpha value is -1.91. The molecule has 1 aromatic rings. The Morgan fingerprint density at radius 3 is 2.53 bits per heavy atom. The Labute approximate surface area is 86.3 Å². The van der Waals surface area contributed by atoms with Crippen molar-refractivity contribution in [3.05, 3.63) is 23.8 Å². The first kappa shape index (κ1) is 9.64. The van der Waals surface area contributed by atoms with E-state index in [0.717, 1.165) is 0 Å². The average molecular weight is 209 g/mol. The molecule has 0 saturated carbocycles. The first-order valence-electron chi connectivity index (χ1n) is 4.61. The highest BCUT2D eigenvalue weighted by Gasteiger charge is 2.21. The number of amides is 1. The Kier molecular flexibility index (Phi) is 2.37. The van der Waals surface area contributed by atoms with Gasteiger partial charge in [0.25, 0.3) is 0 Å². The number of cyclic esters (lactones) is 1. The summed E-state index contributed by atoms with van der Waals surface area (Å²) in [5.41, 5.74) is 0.671. The Morgan fingerprint density at radius 2 is 1.93 bits per heavy atom. The zero-order valence-electron chi connectivity index (χ0n) is 7.93. The maximum Gasteiger partial charge on any atom is 0.407 e. The van der Waals surface area contributed by atoms with Gasteiger partial charge in [0, 0.05) is 12.5 Å². The zero-order chi connectivity index (χ0) is 10.8. The van der Waals surface area contributed by atoms with Crippen LogP contribution >= 0.6 is 0 Å². The normalized spacial score (nSPS) is 20.5. The van der Waals surface area contributed by atoms with Gasteiger partial charge in [0.05, 0.1) is 12.6 Å². The highest BCUT2D eigenvalue weighted by atomic mass is 16.5. The molecule has 0 aliphatic carbocycles. The second-order valence-corrected chi connectivity index (χ2v) is 3.40. The highest BCUT2D eigenvalue weighted by Crippen LogP contribution is 2.27. The number of phenols is 2. The third-order valence-corrected chi connectivity index (χ3v) is 2.26. The Balaban J connectivity index is 2.24. The molecule has 0 unspecified atom stereocenters. The van der Waals surface area contributed by atoms with Crippen molar-refractivity contribution in [3.8, 4) is 11.5 Å². The molecule has 1 aromatic carbocycles. The summed E-state index contributed by atoms with van der Waals surface area (Å²) >= 11 is 0. The first-order chi connectivity index (χ1) is 7.15. The maximum absolute atomic E-state index is 11.0. The second-order valence-electron chi connectivity index (χ2n) is 3.40. The lowest BCUT2D eigenvalue weighted by molar-refractivity contribution is 0.115. The standard InChI is InChI=1S/C10H11NO4/c12-7-3-6(4-8(13)5-7)9-1-2-15-10(14)11-9/h3-5,9,12-13H,1-2H2,(H,11,14)/t9-/m1/s1. The predicted octanol–water partition coefficient (Wildman–Crippen LogP) is 1.27. The fourth-order valence-electron chi connectivity index (χ4n) is 1.59. The maximum atomic E-state index is 11.0. The fourth-order valence-corrected chi connectivity index (χ4v) is 1.59. The largest absolute Gasteiger partial charge is 0.508 e. The van der Waals surface area contributed by atoms with Gasteiger partial charge in [-0.2, -0.15) is 0 Å². The lowest BCUT2D eigenvalue weighted by atomic mass is 10.0. The van der Waals surface area contributed by atoms with Gasteiger partial charge in [0.15, 0.2) is 0 Å². The van der Waals surface area contributed by atoms with E-state index in [0.29, 0.717) is 18.6 Å². The first-order valence-corrected chi connectivity index (χ1v) is 4.61. The van der Waals surface area contributed by atoms with E-state index in [1.165, 1.54) is 18.2 Å². The van der Waals surface area contributed by atoms with E-state index in [1.807, 2.05) is 0 Å². The molecular weight excluding hydrogens is 198 g/mol. The van der Waals surface area contributed by atoms with E-state index >= 15 is 0 Å². The summed E-state index contributed by atoms with van der Waals surface area (Å²) in [5.74, 6) is -0.0449. The Morgan fingerprint density at radius 1 is 1.27 bits per heavy atom. The summed E-state index contributed by atoms with van der Waals surface area (Å²) in [6.07, 6.45) is 0.142. The minimum absolute atomic E-state index is 0.0225. The highest BCUT2D eigenvalue weighted by molar-refractivity contribution is 5.68. The van der Waals surface area contributed by atoms with Crippen LogP contribution in [0, 0.1) is 0 Å². The van der Waals surface area contributed by atoms with Gasteiger partial charge in [-0.3, -0.25) is 0 Å². The van der Waals surface area contributed by atoms with Crippen molar-refractivity contribution in [1.82, 2.24) is 5.32 Å². The molecule has 1 heterocycles. The quantitative estimate of drug-likeness (QED) is 0.650. The number of aromatic hydroxyl groups is 2. The van der Waals surface area contributed by atoms with E-state index in [2.05, 4.69) is 5.32 Å². The van der Waals surface area contributed by atoms with Gasteiger partial charge in [0.1, 0.15) is 11.5 Å². The van der Waals surface area contributed by atoms with Gasteiger partial charge < -0.3 is 20.3 Å². The van der Waals surface area contributed by atoms with Crippen LogP contribution in [0.2, 0.25) is 0 Å². The number of benzene rings is 1. The third-order valence-electron chi connectivity index (χ3n) is 2.26. The van der Waals surface area contributed by atoms with Crippen LogP contribution in [0.15, 0.2) is 18.2 Å². The number of hydrogen-bond donors (Lipinski definition) is 3. The van der Waals surface area contributed by atoms with Gasteiger partial charge in [-0.1, -0.05) is 0 Å². The summed E-state index contributed by atoms with van der Waals surface area (Å²) in [7, 11) is 0. The number of ether oxygens (including phenoxy) is 1. The molecule has 80 valence electrons. The second kappa shape index (κ2) is 3.68. The van der Waals surface area contributed by atoms with Crippen LogP contribution in [0.3, 0.4) is 0 Å². The van der Waals surface area contributed by atoms with E-state index in [1.54, 1.807) is 0 Å². The van der Waals surface area contributed by atoms with Crippen molar-refractivity contribution in [1.29, 1.82) is 0 Å². The molecule has 1 saturated heterocycles. The molecule has 0 bridgehead atoms. The van der Waals surface area contributed by atoms with Gasteiger partial charge in [-0.25, -0.2) is 4.79 Å². The summed E-state index contributed by atoms with van der Waals surface area (Å²) in [4.78, 5) is 11.0. The van der Waals surface area contributed by atoms with E-state index in [4.69, 9.17) is 4.74 Å². The summed E-state index contributed by atoms with van der Waals surface area (Å²) in [6, 6.07) is 4.04. The molecule has 0 aromatic heterocycles. The van der Waals surface area contributed by atoms with Crippen molar-refractivity contribution in [2.24, 2.45) is 0 Å². The zero-order valence-corrected chi connectivity index (χ0v) is 7.93. The molecule has 1 aliphatic rings. The van der Waals surface area contributed by atoms with Crippen LogP contribution in [0.25, 0.3) is 0 Å². The third kappa shape index (κ3) is 2.12. The molecule has 2 rings (SSSR count). The van der Waals surface area contributed by atoms with Crippen LogP contribution in [-0.2, 0) is 4.74 Å². The average Bonchev–Trinajstić information content (AvgIpc) is 2.16. The van der Waals surface area contributed by atoms with Crippen molar-refractivity contribution in [2.75, 3.05) is 6.61 Å². The number of hydrogen-bond acceptors (Lipinski definition) is 4. The van der Waals surface area contributed by atoms with Crippen LogP contribution in [0.4, 0.5) is 4.79 Å². The van der Waals surface area contributed by atoms with Crippen LogP contribution < -0.4 is 5.32 Å². The summed E-state index contributed by atoms with van der Waals surface area (Å²) in [5, 5.41) is 21.2. The minimum Gasteiger partial charge on any atom is -0.508 e. The monoisotopic (exact) mass is 209 g/mol. The van der Waals surface area contributed by atoms with Crippen molar-refractivity contribution >= 4 is 6.09 Å². The molecule has 3 N–H and O–H groups in total. The van der Waals surface area contributed by atoms with E-state index in [-0.39, 0.29) is 17.5 Å². The number of alkyl carbamates (subject to hydrolysis) is 1. The smallest absolute Gasteiger partial charge is 0.407 e. The molecule has 5 nitrogen and oxygen atoms in total. The number of carbonyl (C=O) groups excluding carboxylic acids is 1. The molecule has 1 aliphatic heterocycles. The summed E-state index contributed by atoms with van der Waals surface area (Å²) < 4.78 is 4.72.